The highest BCUT2D eigenvalue weighted by Gasteiger charge is 2.23. The van der Waals surface area contributed by atoms with Gasteiger partial charge in [0, 0.05) is 12.3 Å². The minimum absolute atomic E-state index is 0.125. The smallest absolute Gasteiger partial charge is 0.175 e. The molecule has 1 aromatic carbocycles. The van der Waals surface area contributed by atoms with Gasteiger partial charge in [-0.25, -0.2) is 8.42 Å². The quantitative estimate of drug-likeness (QED) is 0.786. The van der Waals surface area contributed by atoms with Gasteiger partial charge in [0.05, 0.1) is 4.90 Å². The summed E-state index contributed by atoms with van der Waals surface area (Å²) in [7, 11) is -3.16. The van der Waals surface area contributed by atoms with Gasteiger partial charge < -0.3 is 5.73 Å². The Morgan fingerprint density at radius 2 is 2.13 bits per heavy atom. The Balaban J connectivity index is 2.67. The second-order valence-corrected chi connectivity index (χ2v) is 6.08. The summed E-state index contributed by atoms with van der Waals surface area (Å²) in [4.78, 5) is 0.409. The first kappa shape index (κ1) is 10.6. The van der Waals surface area contributed by atoms with Crippen molar-refractivity contribution in [2.45, 2.75) is 30.2 Å². The Kier molecular flexibility index (Phi) is 2.56. The molecule has 1 aromatic rings. The van der Waals surface area contributed by atoms with E-state index in [-0.39, 0.29) is 6.04 Å². The maximum atomic E-state index is 11.6. The summed E-state index contributed by atoms with van der Waals surface area (Å²) in [6.45, 7) is 0. The molecule has 1 unspecified atom stereocenters. The maximum absolute atomic E-state index is 11.6. The fraction of sp³-hybridized carbons (Fsp3) is 0.455. The Morgan fingerprint density at radius 3 is 2.80 bits per heavy atom. The van der Waals surface area contributed by atoms with Crippen LogP contribution in [0.25, 0.3) is 0 Å². The van der Waals surface area contributed by atoms with E-state index in [1.54, 1.807) is 12.1 Å². The molecule has 0 bridgehead atoms. The van der Waals surface area contributed by atoms with Crippen molar-refractivity contribution in [2.24, 2.45) is 5.73 Å². The van der Waals surface area contributed by atoms with Crippen LogP contribution in [0.2, 0.25) is 0 Å². The van der Waals surface area contributed by atoms with E-state index in [2.05, 4.69) is 0 Å². The van der Waals surface area contributed by atoms with Crippen LogP contribution < -0.4 is 5.73 Å². The zero-order chi connectivity index (χ0) is 11.1. The maximum Gasteiger partial charge on any atom is 0.175 e. The standard InChI is InChI=1S/C11H15NO2S/c1-15(13,14)10-7-3-5-8-4-2-6-9(12)11(8)10/h3,5,7,9H,2,4,6,12H2,1H3. The lowest BCUT2D eigenvalue weighted by Gasteiger charge is -2.24. The molecule has 1 aliphatic rings. The van der Waals surface area contributed by atoms with Gasteiger partial charge in [-0.05, 0) is 36.5 Å². The molecule has 2 rings (SSSR count). The average Bonchev–Trinajstić information content (AvgIpc) is 2.16. The highest BCUT2D eigenvalue weighted by Crippen LogP contribution is 2.32. The molecule has 1 atom stereocenters. The van der Waals surface area contributed by atoms with E-state index in [0.717, 1.165) is 30.4 Å². The number of benzene rings is 1. The Labute approximate surface area is 90.2 Å². The zero-order valence-corrected chi connectivity index (χ0v) is 9.55. The molecule has 0 aromatic heterocycles. The number of hydrogen-bond donors (Lipinski definition) is 1. The third-order valence-corrected chi connectivity index (χ3v) is 4.04. The number of aryl methyl sites for hydroxylation is 1. The largest absolute Gasteiger partial charge is 0.324 e. The van der Waals surface area contributed by atoms with Crippen molar-refractivity contribution in [3.8, 4) is 0 Å². The summed E-state index contributed by atoms with van der Waals surface area (Å²) in [5.74, 6) is 0. The highest BCUT2D eigenvalue weighted by molar-refractivity contribution is 7.90. The van der Waals surface area contributed by atoms with E-state index < -0.39 is 9.84 Å². The van der Waals surface area contributed by atoms with Crippen LogP contribution in [0.3, 0.4) is 0 Å². The van der Waals surface area contributed by atoms with Gasteiger partial charge in [-0.3, -0.25) is 0 Å². The third-order valence-electron chi connectivity index (χ3n) is 2.89. The summed E-state index contributed by atoms with van der Waals surface area (Å²) in [5, 5.41) is 0. The van der Waals surface area contributed by atoms with Crippen LogP contribution in [0.1, 0.15) is 30.0 Å². The number of hydrogen-bond acceptors (Lipinski definition) is 3. The summed E-state index contributed by atoms with van der Waals surface area (Å²) < 4.78 is 23.2. The van der Waals surface area contributed by atoms with E-state index in [1.165, 1.54) is 6.26 Å². The fourth-order valence-corrected chi connectivity index (χ4v) is 3.22. The molecule has 1 aliphatic carbocycles. The van der Waals surface area contributed by atoms with Crippen LogP contribution in [0.15, 0.2) is 23.1 Å². The predicted molar refractivity (Wildman–Crippen MR) is 59.4 cm³/mol. The SMILES string of the molecule is CS(=O)(=O)c1cccc2c1C(N)CCC2. The lowest BCUT2D eigenvalue weighted by molar-refractivity contribution is 0.552. The minimum Gasteiger partial charge on any atom is -0.324 e. The summed E-state index contributed by atoms with van der Waals surface area (Å²) in [6, 6.07) is 5.30. The van der Waals surface area contributed by atoms with Gasteiger partial charge in [-0.15, -0.1) is 0 Å². The lowest BCUT2D eigenvalue weighted by Crippen LogP contribution is -2.20. The first-order chi connectivity index (χ1) is 7.00. The van der Waals surface area contributed by atoms with Crippen molar-refractivity contribution in [3.05, 3.63) is 29.3 Å². The van der Waals surface area contributed by atoms with Gasteiger partial charge >= 0.3 is 0 Å². The molecule has 0 amide bonds. The molecule has 0 saturated carbocycles. The molecule has 0 aliphatic heterocycles. The number of sulfone groups is 1. The van der Waals surface area contributed by atoms with E-state index >= 15 is 0 Å². The third kappa shape index (κ3) is 1.92. The van der Waals surface area contributed by atoms with E-state index in [9.17, 15) is 8.42 Å². The lowest BCUT2D eigenvalue weighted by atomic mass is 9.88. The van der Waals surface area contributed by atoms with E-state index in [0.29, 0.717) is 4.90 Å². The molecule has 0 radical (unpaired) electrons. The molecule has 0 heterocycles. The second kappa shape index (κ2) is 3.61. The van der Waals surface area contributed by atoms with Gasteiger partial charge in [0.25, 0.3) is 0 Å². The predicted octanol–water partition coefficient (Wildman–Crippen LogP) is 1.43. The number of nitrogens with two attached hydrogens (primary N) is 1. The van der Waals surface area contributed by atoms with Crippen LogP contribution >= 0.6 is 0 Å². The van der Waals surface area contributed by atoms with Crippen molar-refractivity contribution in [1.29, 1.82) is 0 Å². The fourth-order valence-electron chi connectivity index (χ4n) is 2.21. The molecule has 0 saturated heterocycles. The normalized spacial score (nSPS) is 21.1. The van der Waals surface area contributed by atoms with E-state index in [4.69, 9.17) is 5.73 Å². The molecular formula is C11H15NO2S. The Bertz CT molecular complexity index is 479. The second-order valence-electron chi connectivity index (χ2n) is 4.10. The first-order valence-electron chi connectivity index (χ1n) is 5.07. The van der Waals surface area contributed by atoms with Crippen LogP contribution in [-0.4, -0.2) is 14.7 Å². The van der Waals surface area contributed by atoms with Crippen molar-refractivity contribution in [1.82, 2.24) is 0 Å². The van der Waals surface area contributed by atoms with Crippen molar-refractivity contribution < 1.29 is 8.42 Å². The molecule has 4 heteroatoms. The van der Waals surface area contributed by atoms with Crippen LogP contribution in [-0.2, 0) is 16.3 Å². The van der Waals surface area contributed by atoms with Crippen LogP contribution in [0, 0.1) is 0 Å². The van der Waals surface area contributed by atoms with Crippen LogP contribution in [0.5, 0.6) is 0 Å². The minimum atomic E-state index is -3.16. The molecule has 2 N–H and O–H groups in total. The summed E-state index contributed by atoms with van der Waals surface area (Å²) in [6.07, 6.45) is 4.09. The molecule has 0 fully saturated rings. The summed E-state index contributed by atoms with van der Waals surface area (Å²) in [5.41, 5.74) is 7.91. The Hall–Kier alpha value is -0.870. The van der Waals surface area contributed by atoms with Crippen LogP contribution in [0.4, 0.5) is 0 Å². The molecule has 3 nitrogen and oxygen atoms in total. The van der Waals surface area contributed by atoms with Gasteiger partial charge in [-0.1, -0.05) is 12.1 Å². The monoisotopic (exact) mass is 225 g/mol. The average molecular weight is 225 g/mol. The Morgan fingerprint density at radius 1 is 1.40 bits per heavy atom. The van der Waals surface area contributed by atoms with E-state index in [1.807, 2.05) is 6.07 Å². The first-order valence-corrected chi connectivity index (χ1v) is 6.96. The van der Waals surface area contributed by atoms with Gasteiger partial charge in [0.1, 0.15) is 0 Å². The van der Waals surface area contributed by atoms with Crippen molar-refractivity contribution in [2.75, 3.05) is 6.26 Å². The van der Waals surface area contributed by atoms with Gasteiger partial charge in [-0.2, -0.15) is 0 Å². The van der Waals surface area contributed by atoms with Gasteiger partial charge in [0.15, 0.2) is 9.84 Å². The van der Waals surface area contributed by atoms with Gasteiger partial charge in [0.2, 0.25) is 0 Å². The molecule has 0 spiro atoms. The topological polar surface area (TPSA) is 60.2 Å². The van der Waals surface area contributed by atoms with Crippen molar-refractivity contribution in [3.63, 3.8) is 0 Å². The molecule has 82 valence electrons. The molecule has 15 heavy (non-hydrogen) atoms. The number of fused-ring (bicyclic) bond motifs is 1. The van der Waals surface area contributed by atoms with Crippen molar-refractivity contribution >= 4 is 9.84 Å². The zero-order valence-electron chi connectivity index (χ0n) is 8.73. The highest BCUT2D eigenvalue weighted by atomic mass is 32.2. The number of rotatable bonds is 1. The summed E-state index contributed by atoms with van der Waals surface area (Å²) >= 11 is 0. The molecular weight excluding hydrogens is 210 g/mol.